The van der Waals surface area contributed by atoms with Gasteiger partial charge in [0, 0.05) is 13.7 Å². The topological polar surface area (TPSA) is 31.0 Å². The molecule has 2 rings (SSSR count). The van der Waals surface area contributed by atoms with E-state index in [4.69, 9.17) is 13.6 Å². The molecule has 1 saturated carbocycles. The molecular weight excluding hydrogens is 220 g/mol. The third kappa shape index (κ3) is 3.06. The lowest BCUT2D eigenvalue weighted by Gasteiger charge is -2.25. The average molecular weight is 244 g/mol. The maximum absolute atomic E-state index is 5.96. The van der Waals surface area contributed by atoms with Gasteiger partial charge in [-0.1, -0.05) is 6.92 Å². The number of fused-ring (bicyclic) bond motifs is 1. The summed E-state index contributed by atoms with van der Waals surface area (Å²) in [5, 5.41) is 0. The highest BCUT2D eigenvalue weighted by Gasteiger charge is 2.43. The zero-order valence-corrected chi connectivity index (χ0v) is 11.7. The highest BCUT2D eigenvalue weighted by atomic mass is 28.4. The highest BCUT2D eigenvalue weighted by Crippen LogP contribution is 2.40. The Morgan fingerprint density at radius 3 is 2.75 bits per heavy atom. The largest absolute Gasteiger partial charge is 0.398 e. The van der Waals surface area contributed by atoms with Crippen LogP contribution < -0.4 is 0 Å². The fourth-order valence-electron chi connectivity index (χ4n) is 2.50. The van der Waals surface area contributed by atoms with Crippen molar-refractivity contribution in [1.82, 2.24) is 0 Å². The van der Waals surface area contributed by atoms with Crippen LogP contribution >= 0.6 is 0 Å². The van der Waals surface area contributed by atoms with Crippen LogP contribution in [0, 0.1) is 5.92 Å². The Hall–Kier alpha value is 0.0969. The van der Waals surface area contributed by atoms with E-state index in [1.54, 1.807) is 7.11 Å². The van der Waals surface area contributed by atoms with Crippen molar-refractivity contribution in [3.63, 3.8) is 0 Å². The van der Waals surface area contributed by atoms with E-state index in [1.165, 1.54) is 25.7 Å². The van der Waals surface area contributed by atoms with Crippen LogP contribution in [0.15, 0.2) is 0 Å². The second-order valence-corrected chi connectivity index (χ2v) is 8.89. The quantitative estimate of drug-likeness (QED) is 0.532. The van der Waals surface area contributed by atoms with E-state index in [1.807, 2.05) is 0 Å². The first-order valence-electron chi connectivity index (χ1n) is 6.51. The summed E-state index contributed by atoms with van der Waals surface area (Å²) in [5.74, 6) is 0.815. The van der Waals surface area contributed by atoms with Gasteiger partial charge in [-0.05, 0) is 44.2 Å². The Kier molecular flexibility index (Phi) is 4.05. The Balaban J connectivity index is 1.63. The smallest absolute Gasteiger partial charge is 0.334 e. The van der Waals surface area contributed by atoms with Crippen LogP contribution in [0.2, 0.25) is 12.6 Å². The standard InChI is InChI=1S/C12H24O3Si/c1-4-16(3,13-2)14-8-7-10-5-6-11-12(9-10)15-11/h10-12H,4-9H2,1-3H3. The average Bonchev–Trinajstić information content (AvgIpc) is 3.07. The normalized spacial score (nSPS) is 36.6. The van der Waals surface area contributed by atoms with Gasteiger partial charge in [0.25, 0.3) is 0 Å². The Bertz CT molecular complexity index is 230. The lowest BCUT2D eigenvalue weighted by Crippen LogP contribution is -2.37. The molecule has 0 bridgehead atoms. The minimum atomic E-state index is -1.82. The molecule has 3 nitrogen and oxygen atoms in total. The van der Waals surface area contributed by atoms with E-state index in [0.29, 0.717) is 12.2 Å². The molecule has 2 aliphatic rings. The minimum absolute atomic E-state index is 0.593. The number of rotatable bonds is 6. The highest BCUT2D eigenvalue weighted by molar-refractivity contribution is 6.65. The van der Waals surface area contributed by atoms with Crippen molar-refractivity contribution in [2.45, 2.75) is 57.4 Å². The fourth-order valence-corrected chi connectivity index (χ4v) is 3.66. The van der Waals surface area contributed by atoms with Gasteiger partial charge in [-0.2, -0.15) is 0 Å². The lowest BCUT2D eigenvalue weighted by atomic mass is 9.87. The molecule has 4 atom stereocenters. The summed E-state index contributed by atoms with van der Waals surface area (Å²) in [7, 11) is -0.0429. The van der Waals surface area contributed by atoms with Crippen LogP contribution in [0.3, 0.4) is 0 Å². The summed E-state index contributed by atoms with van der Waals surface area (Å²) < 4.78 is 17.0. The van der Waals surface area contributed by atoms with E-state index >= 15 is 0 Å². The van der Waals surface area contributed by atoms with Crippen molar-refractivity contribution in [3.05, 3.63) is 0 Å². The van der Waals surface area contributed by atoms with Crippen LogP contribution in [0.5, 0.6) is 0 Å². The molecule has 0 N–H and O–H groups in total. The summed E-state index contributed by atoms with van der Waals surface area (Å²) >= 11 is 0. The minimum Gasteiger partial charge on any atom is -0.398 e. The van der Waals surface area contributed by atoms with Crippen molar-refractivity contribution in [3.8, 4) is 0 Å². The number of hydrogen-bond acceptors (Lipinski definition) is 3. The SMILES string of the molecule is CC[Si](C)(OC)OCCC1CCC2OC2C1. The molecule has 1 aliphatic heterocycles. The maximum Gasteiger partial charge on any atom is 0.334 e. The van der Waals surface area contributed by atoms with Gasteiger partial charge in [0.05, 0.1) is 12.2 Å². The van der Waals surface area contributed by atoms with E-state index < -0.39 is 8.56 Å². The molecule has 1 heterocycles. The van der Waals surface area contributed by atoms with Gasteiger partial charge in [0.15, 0.2) is 0 Å². The molecule has 1 saturated heterocycles. The molecule has 1 aliphatic carbocycles. The van der Waals surface area contributed by atoms with Crippen molar-refractivity contribution >= 4 is 8.56 Å². The molecule has 4 heteroatoms. The van der Waals surface area contributed by atoms with Crippen molar-refractivity contribution in [2.75, 3.05) is 13.7 Å². The molecule has 0 spiro atoms. The van der Waals surface area contributed by atoms with Crippen LogP contribution in [0.1, 0.15) is 32.6 Å². The van der Waals surface area contributed by atoms with Crippen molar-refractivity contribution in [1.29, 1.82) is 0 Å². The summed E-state index contributed by atoms with van der Waals surface area (Å²) in [5.41, 5.74) is 0. The monoisotopic (exact) mass is 244 g/mol. The van der Waals surface area contributed by atoms with E-state index in [9.17, 15) is 0 Å². The van der Waals surface area contributed by atoms with Crippen molar-refractivity contribution in [2.24, 2.45) is 5.92 Å². The Morgan fingerprint density at radius 1 is 1.31 bits per heavy atom. The number of ether oxygens (including phenoxy) is 1. The first kappa shape index (κ1) is 12.6. The third-order valence-corrected chi connectivity index (χ3v) is 7.08. The number of hydrogen-bond donors (Lipinski definition) is 0. The predicted octanol–water partition coefficient (Wildman–Crippen LogP) is 2.70. The van der Waals surface area contributed by atoms with Gasteiger partial charge in [-0.3, -0.25) is 0 Å². The van der Waals surface area contributed by atoms with E-state index in [-0.39, 0.29) is 0 Å². The summed E-state index contributed by atoms with van der Waals surface area (Å²) in [6.07, 6.45) is 6.23. The van der Waals surface area contributed by atoms with Gasteiger partial charge >= 0.3 is 8.56 Å². The Labute approximate surface area is 99.7 Å². The van der Waals surface area contributed by atoms with Crippen LogP contribution in [-0.2, 0) is 13.6 Å². The van der Waals surface area contributed by atoms with Crippen LogP contribution in [0.4, 0.5) is 0 Å². The molecule has 0 aromatic heterocycles. The van der Waals surface area contributed by atoms with Gasteiger partial charge in [-0.15, -0.1) is 0 Å². The van der Waals surface area contributed by atoms with Crippen LogP contribution in [0.25, 0.3) is 0 Å². The zero-order valence-electron chi connectivity index (χ0n) is 10.7. The van der Waals surface area contributed by atoms with Gasteiger partial charge in [-0.25, -0.2) is 0 Å². The second-order valence-electron chi connectivity index (χ2n) is 5.22. The van der Waals surface area contributed by atoms with Gasteiger partial charge < -0.3 is 13.6 Å². The first-order valence-corrected chi connectivity index (χ1v) is 9.04. The Morgan fingerprint density at radius 2 is 2.12 bits per heavy atom. The molecule has 0 aromatic rings. The zero-order chi connectivity index (χ0) is 11.6. The summed E-state index contributed by atoms with van der Waals surface area (Å²) in [6, 6.07) is 1.03. The molecule has 0 aromatic carbocycles. The third-order valence-electron chi connectivity index (χ3n) is 4.12. The van der Waals surface area contributed by atoms with E-state index in [0.717, 1.165) is 18.6 Å². The predicted molar refractivity (Wildman–Crippen MR) is 65.7 cm³/mol. The summed E-state index contributed by atoms with van der Waals surface area (Å²) in [4.78, 5) is 0. The molecule has 16 heavy (non-hydrogen) atoms. The first-order chi connectivity index (χ1) is 7.67. The molecule has 94 valence electrons. The van der Waals surface area contributed by atoms with Gasteiger partial charge in [0.1, 0.15) is 0 Å². The molecular formula is C12H24O3Si. The molecule has 0 radical (unpaired) electrons. The fraction of sp³-hybridized carbons (Fsp3) is 1.00. The summed E-state index contributed by atoms with van der Waals surface area (Å²) in [6.45, 7) is 5.17. The molecule has 2 fully saturated rings. The molecule has 0 amide bonds. The second kappa shape index (κ2) is 5.17. The van der Waals surface area contributed by atoms with Gasteiger partial charge in [0.2, 0.25) is 0 Å². The number of epoxide rings is 1. The lowest BCUT2D eigenvalue weighted by molar-refractivity contribution is 0.183. The van der Waals surface area contributed by atoms with E-state index in [2.05, 4.69) is 13.5 Å². The van der Waals surface area contributed by atoms with Crippen molar-refractivity contribution < 1.29 is 13.6 Å². The molecule has 4 unspecified atom stereocenters. The maximum atomic E-state index is 5.96. The van der Waals surface area contributed by atoms with Crippen LogP contribution in [-0.4, -0.2) is 34.5 Å².